The quantitative estimate of drug-likeness (QED) is 0.459. The molecule has 0 spiro atoms. The molecule has 0 saturated heterocycles. The molecule has 0 fully saturated rings. The first-order valence-electron chi connectivity index (χ1n) is 10.9. The lowest BCUT2D eigenvalue weighted by Crippen LogP contribution is -2.60. The minimum absolute atomic E-state index is 0.0267. The Kier molecular flexibility index (Phi) is 6.32. The van der Waals surface area contributed by atoms with Gasteiger partial charge in [0.05, 0.1) is 11.3 Å². The summed E-state index contributed by atoms with van der Waals surface area (Å²) in [5.74, 6) is -0.0267. The zero-order chi connectivity index (χ0) is 22.8. The van der Waals surface area contributed by atoms with Crippen LogP contribution in [0, 0.1) is 0 Å². The van der Waals surface area contributed by atoms with Gasteiger partial charge < -0.3 is 4.90 Å². The first-order chi connectivity index (χ1) is 15.5. The van der Waals surface area contributed by atoms with Crippen molar-refractivity contribution in [3.05, 3.63) is 64.4 Å². The molecule has 3 aromatic rings. The molecule has 0 aliphatic carbocycles. The van der Waals surface area contributed by atoms with Crippen molar-refractivity contribution in [3.8, 4) is 11.3 Å². The molecule has 32 heavy (non-hydrogen) atoms. The number of nitrogens with one attached hydrogen (secondary N) is 1. The van der Waals surface area contributed by atoms with Gasteiger partial charge in [0.25, 0.3) is 6.17 Å². The average Bonchev–Trinajstić information content (AvgIpc) is 2.83. The molecule has 0 radical (unpaired) electrons. The van der Waals surface area contributed by atoms with E-state index >= 15 is 0 Å². The second-order valence-corrected chi connectivity index (χ2v) is 8.32. The minimum atomic E-state index is -0.550. The molecule has 4 rings (SSSR count). The summed E-state index contributed by atoms with van der Waals surface area (Å²) in [5.41, 5.74) is 3.68. The number of carbonyl (C=O) groups is 1. The third kappa shape index (κ3) is 3.68. The Morgan fingerprint density at radius 2 is 1.81 bits per heavy atom. The van der Waals surface area contributed by atoms with E-state index < -0.39 is 6.17 Å². The molecule has 2 aromatic carbocycles. The third-order valence-corrected chi connectivity index (χ3v) is 6.41. The highest BCUT2D eigenvalue weighted by Gasteiger charge is 2.45. The van der Waals surface area contributed by atoms with E-state index in [1.807, 2.05) is 49.6 Å². The summed E-state index contributed by atoms with van der Waals surface area (Å²) in [6, 6.07) is 15.7. The molecule has 1 N–H and O–H groups in total. The van der Waals surface area contributed by atoms with Crippen LogP contribution in [0.2, 0.25) is 0 Å². The van der Waals surface area contributed by atoms with Crippen molar-refractivity contribution in [3.63, 3.8) is 0 Å². The van der Waals surface area contributed by atoms with Gasteiger partial charge in [0, 0.05) is 35.9 Å². The van der Waals surface area contributed by atoms with Crippen molar-refractivity contribution < 1.29 is 9.48 Å². The second-order valence-electron chi connectivity index (χ2n) is 7.53. The maximum atomic E-state index is 13.2. The van der Waals surface area contributed by atoms with Crippen LogP contribution < -0.4 is 20.0 Å². The molecule has 1 aromatic heterocycles. The SMILES string of the molecule is CCC(=O)N1c2ccccc2-c2c(=O)[nH]c(SC)n[n+]2C1c1ccc(N(CC)CC)cc1. The van der Waals surface area contributed by atoms with E-state index in [0.29, 0.717) is 22.8 Å². The van der Waals surface area contributed by atoms with Crippen molar-refractivity contribution >= 4 is 29.0 Å². The van der Waals surface area contributed by atoms with Crippen molar-refractivity contribution in [1.82, 2.24) is 10.1 Å². The smallest absolute Gasteiger partial charge is 0.325 e. The van der Waals surface area contributed by atoms with Crippen LogP contribution in [-0.4, -0.2) is 35.3 Å². The summed E-state index contributed by atoms with van der Waals surface area (Å²) in [6.45, 7) is 7.94. The highest BCUT2D eigenvalue weighted by Crippen LogP contribution is 2.37. The zero-order valence-electron chi connectivity index (χ0n) is 18.8. The number of hydrogen-bond donors (Lipinski definition) is 1. The number of fused-ring (bicyclic) bond motifs is 3. The first-order valence-corrected chi connectivity index (χ1v) is 12.1. The standard InChI is InChI=1S/C24H27N5O2S/c1-5-20(30)28-19-11-9-8-10-18(19)21-22(31)25-24(32-4)26-29(21)23(28)16-12-14-17(15-13-16)27(6-2)7-3/h8-15,23H,5-7H2,1-4H3/p+1. The summed E-state index contributed by atoms with van der Waals surface area (Å²) in [6.07, 6.45) is 1.66. The van der Waals surface area contributed by atoms with Crippen molar-refractivity contribution in [1.29, 1.82) is 0 Å². The van der Waals surface area contributed by atoms with E-state index in [1.165, 1.54) is 11.8 Å². The molecule has 8 heteroatoms. The van der Waals surface area contributed by atoms with Crippen LogP contribution in [0.4, 0.5) is 11.4 Å². The van der Waals surface area contributed by atoms with Crippen molar-refractivity contribution in [2.24, 2.45) is 0 Å². The van der Waals surface area contributed by atoms with Gasteiger partial charge in [-0.15, -0.1) is 0 Å². The van der Waals surface area contributed by atoms with Gasteiger partial charge in [-0.25, -0.2) is 4.90 Å². The summed E-state index contributed by atoms with van der Waals surface area (Å²) < 4.78 is 1.70. The molecular formula is C24H28N5O2S+. The van der Waals surface area contributed by atoms with E-state index in [2.05, 4.69) is 35.9 Å². The fraction of sp³-hybridized carbons (Fsp3) is 0.333. The number of H-pyrrole nitrogens is 1. The second kappa shape index (κ2) is 9.16. The van der Waals surface area contributed by atoms with Gasteiger partial charge in [-0.3, -0.25) is 14.6 Å². The number of hydrogen-bond acceptors (Lipinski definition) is 5. The highest BCUT2D eigenvalue weighted by atomic mass is 32.2. The summed E-state index contributed by atoms with van der Waals surface area (Å²) in [5, 5.41) is 5.23. The third-order valence-electron chi connectivity index (χ3n) is 5.84. The Morgan fingerprint density at radius 1 is 1.12 bits per heavy atom. The number of amides is 1. The molecule has 7 nitrogen and oxygen atoms in total. The molecule has 1 aliphatic rings. The number of benzene rings is 2. The normalized spacial score (nSPS) is 14.6. The van der Waals surface area contributed by atoms with Crippen LogP contribution in [0.25, 0.3) is 11.3 Å². The zero-order valence-corrected chi connectivity index (χ0v) is 19.6. The Morgan fingerprint density at radius 3 is 2.44 bits per heavy atom. The highest BCUT2D eigenvalue weighted by molar-refractivity contribution is 7.98. The lowest BCUT2D eigenvalue weighted by molar-refractivity contribution is -0.763. The van der Waals surface area contributed by atoms with Gasteiger partial charge in [0.15, 0.2) is 0 Å². The molecule has 2 heterocycles. The number of carbonyl (C=O) groups excluding carboxylic acids is 1. The van der Waals surface area contributed by atoms with E-state index in [1.54, 1.807) is 9.58 Å². The maximum Gasteiger partial charge on any atom is 0.325 e. The predicted octanol–water partition coefficient (Wildman–Crippen LogP) is 3.60. The molecule has 1 atom stereocenters. The van der Waals surface area contributed by atoms with Gasteiger partial charge in [-0.2, -0.15) is 0 Å². The maximum absolute atomic E-state index is 13.2. The average molecular weight is 451 g/mol. The molecule has 166 valence electrons. The van der Waals surface area contributed by atoms with Crippen LogP contribution in [0.5, 0.6) is 0 Å². The van der Waals surface area contributed by atoms with Crippen LogP contribution in [0.3, 0.4) is 0 Å². The Labute approximate surface area is 192 Å². The monoisotopic (exact) mass is 450 g/mol. The number of nitrogens with zero attached hydrogens (tertiary/aromatic N) is 4. The van der Waals surface area contributed by atoms with Gasteiger partial charge in [-0.05, 0) is 61.2 Å². The topological polar surface area (TPSA) is 73.2 Å². The first kappa shape index (κ1) is 22.1. The molecule has 0 saturated carbocycles. The van der Waals surface area contributed by atoms with Crippen molar-refractivity contribution in [2.45, 2.75) is 38.5 Å². The van der Waals surface area contributed by atoms with Gasteiger partial charge >= 0.3 is 11.3 Å². The fourth-order valence-corrected chi connectivity index (χ4v) is 4.61. The van der Waals surface area contributed by atoms with Gasteiger partial charge in [0.1, 0.15) is 0 Å². The van der Waals surface area contributed by atoms with E-state index in [9.17, 15) is 9.59 Å². The summed E-state index contributed by atoms with van der Waals surface area (Å²) in [4.78, 5) is 33.2. The molecular weight excluding hydrogens is 422 g/mol. The molecule has 0 bridgehead atoms. The van der Waals surface area contributed by atoms with Crippen molar-refractivity contribution in [2.75, 3.05) is 29.1 Å². The molecule has 1 unspecified atom stereocenters. The molecule has 1 aliphatic heterocycles. The summed E-state index contributed by atoms with van der Waals surface area (Å²) >= 11 is 1.36. The number of anilines is 2. The summed E-state index contributed by atoms with van der Waals surface area (Å²) in [7, 11) is 0. The van der Waals surface area contributed by atoms with Crippen LogP contribution in [0.1, 0.15) is 38.9 Å². The molecule has 1 amide bonds. The Balaban J connectivity index is 1.97. The largest absolute Gasteiger partial charge is 0.372 e. The lowest BCUT2D eigenvalue weighted by Gasteiger charge is -2.32. The number of aromatic nitrogens is 3. The van der Waals surface area contributed by atoms with Crippen LogP contribution in [-0.2, 0) is 4.79 Å². The van der Waals surface area contributed by atoms with E-state index in [-0.39, 0.29) is 11.5 Å². The predicted molar refractivity (Wildman–Crippen MR) is 128 cm³/mol. The Hall–Kier alpha value is -3.13. The van der Waals surface area contributed by atoms with Crippen LogP contribution >= 0.6 is 11.8 Å². The minimum Gasteiger partial charge on any atom is -0.372 e. The van der Waals surface area contributed by atoms with E-state index in [4.69, 9.17) is 5.10 Å². The van der Waals surface area contributed by atoms with Gasteiger partial charge in [-0.1, -0.05) is 30.8 Å². The fourth-order valence-electron chi connectivity index (χ4n) is 4.25. The van der Waals surface area contributed by atoms with E-state index in [0.717, 1.165) is 30.0 Å². The lowest BCUT2D eigenvalue weighted by atomic mass is 10.0. The number of rotatable bonds is 6. The number of para-hydroxylation sites is 1. The van der Waals surface area contributed by atoms with Crippen LogP contribution in [0.15, 0.2) is 58.5 Å². The Bertz CT molecular complexity index is 1190. The number of thioether (sulfide) groups is 1. The number of aromatic amines is 1. The van der Waals surface area contributed by atoms with Gasteiger partial charge in [0.2, 0.25) is 11.1 Å².